The molecule has 0 saturated carbocycles. The Kier molecular flexibility index (Phi) is 6.83. The molecule has 0 unspecified atom stereocenters. The number of carbonyl (C=O) groups is 2. The molecule has 0 bridgehead atoms. The predicted octanol–water partition coefficient (Wildman–Crippen LogP) is 2.89. The SMILES string of the molecule is CCCNC(=O)c1cccc(NC(=O)CNc2cccc(OC)c2)c1. The summed E-state index contributed by atoms with van der Waals surface area (Å²) in [7, 11) is 1.59. The van der Waals surface area contributed by atoms with E-state index in [4.69, 9.17) is 4.74 Å². The van der Waals surface area contributed by atoms with E-state index in [0.717, 1.165) is 17.9 Å². The zero-order valence-corrected chi connectivity index (χ0v) is 14.5. The summed E-state index contributed by atoms with van der Waals surface area (Å²) in [6, 6.07) is 14.2. The number of anilines is 2. The molecule has 2 amide bonds. The highest BCUT2D eigenvalue weighted by Gasteiger charge is 2.07. The monoisotopic (exact) mass is 341 g/mol. The highest BCUT2D eigenvalue weighted by atomic mass is 16.5. The van der Waals surface area contributed by atoms with Crippen LogP contribution in [0, 0.1) is 0 Å². The summed E-state index contributed by atoms with van der Waals surface area (Å²) >= 11 is 0. The molecule has 0 aliphatic rings. The van der Waals surface area contributed by atoms with E-state index in [-0.39, 0.29) is 18.4 Å². The molecule has 0 atom stereocenters. The molecule has 6 nitrogen and oxygen atoms in total. The van der Waals surface area contributed by atoms with Crippen LogP contribution in [0.25, 0.3) is 0 Å². The molecule has 2 rings (SSSR count). The minimum atomic E-state index is -0.200. The summed E-state index contributed by atoms with van der Waals surface area (Å²) < 4.78 is 5.14. The fourth-order valence-electron chi connectivity index (χ4n) is 2.20. The van der Waals surface area contributed by atoms with Crippen molar-refractivity contribution in [2.24, 2.45) is 0 Å². The molecule has 3 N–H and O–H groups in total. The minimum absolute atomic E-state index is 0.111. The second-order valence-corrected chi connectivity index (χ2v) is 5.47. The quantitative estimate of drug-likeness (QED) is 0.690. The van der Waals surface area contributed by atoms with E-state index < -0.39 is 0 Å². The molecule has 0 heterocycles. The zero-order valence-electron chi connectivity index (χ0n) is 14.5. The lowest BCUT2D eigenvalue weighted by molar-refractivity contribution is -0.114. The smallest absolute Gasteiger partial charge is 0.251 e. The van der Waals surface area contributed by atoms with E-state index in [0.29, 0.717) is 17.8 Å². The van der Waals surface area contributed by atoms with Crippen LogP contribution in [0.2, 0.25) is 0 Å². The second-order valence-electron chi connectivity index (χ2n) is 5.47. The molecule has 25 heavy (non-hydrogen) atoms. The van der Waals surface area contributed by atoms with Gasteiger partial charge in [0.1, 0.15) is 5.75 Å². The normalized spacial score (nSPS) is 10.0. The molecule has 2 aromatic rings. The Bertz CT molecular complexity index is 731. The lowest BCUT2D eigenvalue weighted by atomic mass is 10.2. The molecule has 0 fully saturated rings. The number of methoxy groups -OCH3 is 1. The molecular weight excluding hydrogens is 318 g/mol. The molecule has 6 heteroatoms. The Morgan fingerprint density at radius 3 is 2.56 bits per heavy atom. The number of amides is 2. The Morgan fingerprint density at radius 1 is 1.04 bits per heavy atom. The number of hydrogen-bond donors (Lipinski definition) is 3. The third kappa shape index (κ3) is 5.84. The van der Waals surface area contributed by atoms with Gasteiger partial charge < -0.3 is 20.7 Å². The van der Waals surface area contributed by atoms with Crippen molar-refractivity contribution in [3.05, 3.63) is 54.1 Å². The molecule has 0 aliphatic carbocycles. The van der Waals surface area contributed by atoms with Crippen molar-refractivity contribution in [2.75, 3.05) is 30.8 Å². The van der Waals surface area contributed by atoms with Crippen molar-refractivity contribution in [1.29, 1.82) is 0 Å². The first-order valence-electron chi connectivity index (χ1n) is 8.18. The summed E-state index contributed by atoms with van der Waals surface area (Å²) in [5.41, 5.74) is 1.90. The summed E-state index contributed by atoms with van der Waals surface area (Å²) in [6.45, 7) is 2.73. The average molecular weight is 341 g/mol. The van der Waals surface area contributed by atoms with Crippen LogP contribution >= 0.6 is 0 Å². The lowest BCUT2D eigenvalue weighted by Crippen LogP contribution is -2.24. The van der Waals surface area contributed by atoms with Gasteiger partial charge in [0.25, 0.3) is 5.91 Å². The van der Waals surface area contributed by atoms with Crippen molar-refractivity contribution in [2.45, 2.75) is 13.3 Å². The maximum Gasteiger partial charge on any atom is 0.251 e. The second kappa shape index (κ2) is 9.32. The summed E-state index contributed by atoms with van der Waals surface area (Å²) in [5, 5.41) is 8.62. The topological polar surface area (TPSA) is 79.5 Å². The molecule has 0 aromatic heterocycles. The first-order chi connectivity index (χ1) is 12.1. The molecule has 2 aromatic carbocycles. The van der Waals surface area contributed by atoms with Crippen LogP contribution in [0.1, 0.15) is 23.7 Å². The van der Waals surface area contributed by atoms with Gasteiger partial charge in [-0.1, -0.05) is 19.1 Å². The van der Waals surface area contributed by atoms with Crippen molar-refractivity contribution in [1.82, 2.24) is 5.32 Å². The van der Waals surface area contributed by atoms with Gasteiger partial charge in [0.05, 0.1) is 13.7 Å². The average Bonchev–Trinajstić information content (AvgIpc) is 2.64. The zero-order chi connectivity index (χ0) is 18.1. The van der Waals surface area contributed by atoms with Crippen LogP contribution in [-0.2, 0) is 4.79 Å². The standard InChI is InChI=1S/C19H23N3O3/c1-3-10-20-19(24)14-6-4-8-16(11-14)22-18(23)13-21-15-7-5-9-17(12-15)25-2/h4-9,11-12,21H,3,10,13H2,1-2H3,(H,20,24)(H,22,23). The largest absolute Gasteiger partial charge is 0.497 e. The molecule has 132 valence electrons. The van der Waals surface area contributed by atoms with Crippen LogP contribution in [-0.4, -0.2) is 32.0 Å². The van der Waals surface area contributed by atoms with Crippen LogP contribution in [0.15, 0.2) is 48.5 Å². The molecule has 0 spiro atoms. The van der Waals surface area contributed by atoms with Gasteiger partial charge in [0.15, 0.2) is 0 Å². The lowest BCUT2D eigenvalue weighted by Gasteiger charge is -2.10. The Morgan fingerprint density at radius 2 is 1.80 bits per heavy atom. The minimum Gasteiger partial charge on any atom is -0.497 e. The van der Waals surface area contributed by atoms with Crippen LogP contribution in [0.5, 0.6) is 5.75 Å². The number of benzene rings is 2. The number of rotatable bonds is 8. The Hall–Kier alpha value is -3.02. The summed E-state index contributed by atoms with van der Waals surface area (Å²) in [5.74, 6) is 0.373. The van der Waals surface area contributed by atoms with Gasteiger partial charge in [0, 0.05) is 29.5 Å². The molecule has 0 radical (unpaired) electrons. The highest BCUT2D eigenvalue weighted by Crippen LogP contribution is 2.16. The van der Waals surface area contributed by atoms with E-state index in [2.05, 4.69) is 16.0 Å². The molecule has 0 saturated heterocycles. The van der Waals surface area contributed by atoms with Crippen LogP contribution in [0.3, 0.4) is 0 Å². The Labute approximate surface area is 147 Å². The first kappa shape index (κ1) is 18.3. The van der Waals surface area contributed by atoms with Crippen LogP contribution < -0.4 is 20.7 Å². The van der Waals surface area contributed by atoms with E-state index >= 15 is 0 Å². The number of ether oxygens (including phenoxy) is 1. The van der Waals surface area contributed by atoms with Crippen molar-refractivity contribution in [3.63, 3.8) is 0 Å². The number of nitrogens with one attached hydrogen (secondary N) is 3. The first-order valence-corrected chi connectivity index (χ1v) is 8.18. The van der Waals surface area contributed by atoms with Gasteiger partial charge in [-0.05, 0) is 36.8 Å². The van der Waals surface area contributed by atoms with Gasteiger partial charge in [-0.3, -0.25) is 9.59 Å². The molecular formula is C19H23N3O3. The third-order valence-electron chi connectivity index (χ3n) is 3.47. The van der Waals surface area contributed by atoms with Gasteiger partial charge in [-0.25, -0.2) is 0 Å². The summed E-state index contributed by atoms with van der Waals surface area (Å²) in [6.07, 6.45) is 0.873. The maximum atomic E-state index is 12.1. The summed E-state index contributed by atoms with van der Waals surface area (Å²) in [4.78, 5) is 24.1. The van der Waals surface area contributed by atoms with Crippen LogP contribution in [0.4, 0.5) is 11.4 Å². The van der Waals surface area contributed by atoms with Gasteiger partial charge >= 0.3 is 0 Å². The maximum absolute atomic E-state index is 12.1. The van der Waals surface area contributed by atoms with Crippen molar-refractivity contribution < 1.29 is 14.3 Å². The van der Waals surface area contributed by atoms with E-state index in [9.17, 15) is 9.59 Å². The third-order valence-corrected chi connectivity index (χ3v) is 3.47. The van der Waals surface area contributed by atoms with Gasteiger partial charge in [-0.15, -0.1) is 0 Å². The van der Waals surface area contributed by atoms with Gasteiger partial charge in [-0.2, -0.15) is 0 Å². The highest BCUT2D eigenvalue weighted by molar-refractivity contribution is 5.98. The van der Waals surface area contributed by atoms with Gasteiger partial charge in [0.2, 0.25) is 5.91 Å². The van der Waals surface area contributed by atoms with E-state index in [1.165, 1.54) is 0 Å². The van der Waals surface area contributed by atoms with E-state index in [1.807, 2.05) is 31.2 Å². The fraction of sp³-hybridized carbons (Fsp3) is 0.263. The number of carbonyl (C=O) groups excluding carboxylic acids is 2. The Balaban J connectivity index is 1.90. The molecule has 0 aliphatic heterocycles. The number of hydrogen-bond acceptors (Lipinski definition) is 4. The van der Waals surface area contributed by atoms with Crippen molar-refractivity contribution >= 4 is 23.2 Å². The fourth-order valence-corrected chi connectivity index (χ4v) is 2.20. The predicted molar refractivity (Wildman–Crippen MR) is 99.2 cm³/mol. The van der Waals surface area contributed by atoms with Crippen molar-refractivity contribution in [3.8, 4) is 5.75 Å². The van der Waals surface area contributed by atoms with E-state index in [1.54, 1.807) is 31.4 Å².